The summed E-state index contributed by atoms with van der Waals surface area (Å²) in [5.41, 5.74) is 1.33. The van der Waals surface area contributed by atoms with Gasteiger partial charge >= 0.3 is 0 Å². The van der Waals surface area contributed by atoms with Crippen LogP contribution < -0.4 is 0 Å². The number of carbonyl (C=O) groups is 2. The maximum absolute atomic E-state index is 14.6. The first-order chi connectivity index (χ1) is 12.3. The second kappa shape index (κ2) is 9.14. The van der Waals surface area contributed by atoms with Crippen LogP contribution in [0.3, 0.4) is 0 Å². The standard InChI is InChI=1S/C20H23BrClFO3/c1-4-5-6-9-12-15(21)19(25)14-16(22)17(23)13(10-7-8-11(2)3)26-20(14)18(12)24/h8,13H,4-7,9-10H2,1-3H3. The lowest BCUT2D eigenvalue weighted by Gasteiger charge is -2.29. The SMILES string of the molecule is CCCCCC1=C(Br)C(=O)C2=C(OC(CCC=C(C)C)C(F)=C2Cl)C1=O. The van der Waals surface area contributed by atoms with E-state index in [0.717, 1.165) is 24.8 Å². The first kappa shape index (κ1) is 21.1. The molecule has 3 nitrogen and oxygen atoms in total. The summed E-state index contributed by atoms with van der Waals surface area (Å²) < 4.78 is 20.4. The molecule has 142 valence electrons. The first-order valence-corrected chi connectivity index (χ1v) is 10.0. The minimum atomic E-state index is -0.942. The zero-order chi connectivity index (χ0) is 19.4. The van der Waals surface area contributed by atoms with Gasteiger partial charge in [0, 0.05) is 5.57 Å². The second-order valence-corrected chi connectivity index (χ2v) is 7.91. The van der Waals surface area contributed by atoms with Crippen molar-refractivity contribution in [2.75, 3.05) is 0 Å². The summed E-state index contributed by atoms with van der Waals surface area (Å²) >= 11 is 9.31. The van der Waals surface area contributed by atoms with Crippen molar-refractivity contribution in [3.8, 4) is 0 Å². The topological polar surface area (TPSA) is 43.4 Å². The van der Waals surface area contributed by atoms with E-state index in [0.29, 0.717) is 24.8 Å². The number of rotatable bonds is 7. The van der Waals surface area contributed by atoms with Crippen LogP contribution in [0.15, 0.2) is 43.9 Å². The van der Waals surface area contributed by atoms with Crippen molar-refractivity contribution in [3.05, 3.63) is 43.9 Å². The van der Waals surface area contributed by atoms with Gasteiger partial charge in [0.25, 0.3) is 0 Å². The van der Waals surface area contributed by atoms with Crippen LogP contribution in [0.1, 0.15) is 59.3 Å². The highest BCUT2D eigenvalue weighted by molar-refractivity contribution is 9.12. The zero-order valence-corrected chi connectivity index (χ0v) is 17.6. The Labute approximate surface area is 167 Å². The van der Waals surface area contributed by atoms with Crippen molar-refractivity contribution in [1.82, 2.24) is 0 Å². The molecule has 0 amide bonds. The predicted octanol–water partition coefficient (Wildman–Crippen LogP) is 6.19. The highest BCUT2D eigenvalue weighted by Crippen LogP contribution is 2.42. The molecule has 1 heterocycles. The third kappa shape index (κ3) is 4.37. The van der Waals surface area contributed by atoms with Gasteiger partial charge in [0.2, 0.25) is 11.6 Å². The number of ketones is 2. The molecule has 0 aromatic heterocycles. The molecule has 0 fully saturated rings. The largest absolute Gasteiger partial charge is 0.478 e. The molecule has 2 rings (SSSR count). The molecule has 0 spiro atoms. The van der Waals surface area contributed by atoms with Crippen molar-refractivity contribution in [3.63, 3.8) is 0 Å². The average molecular weight is 446 g/mol. The molecular weight excluding hydrogens is 423 g/mol. The fourth-order valence-electron chi connectivity index (χ4n) is 2.95. The molecule has 0 radical (unpaired) electrons. The molecule has 0 saturated carbocycles. The van der Waals surface area contributed by atoms with Gasteiger partial charge < -0.3 is 4.74 Å². The van der Waals surface area contributed by atoms with Crippen molar-refractivity contribution in [1.29, 1.82) is 0 Å². The van der Waals surface area contributed by atoms with Gasteiger partial charge in [0.15, 0.2) is 17.7 Å². The Hall–Kier alpha value is -1.20. The zero-order valence-electron chi connectivity index (χ0n) is 15.3. The number of halogens is 3. The van der Waals surface area contributed by atoms with Crippen molar-refractivity contribution in [2.45, 2.75) is 65.4 Å². The van der Waals surface area contributed by atoms with Crippen LogP contribution in [0.2, 0.25) is 0 Å². The maximum Gasteiger partial charge on any atom is 0.225 e. The third-order valence-corrected chi connectivity index (χ3v) is 5.59. The van der Waals surface area contributed by atoms with Crippen molar-refractivity contribution in [2.24, 2.45) is 0 Å². The molecule has 0 bridgehead atoms. The van der Waals surface area contributed by atoms with E-state index < -0.39 is 17.7 Å². The molecule has 26 heavy (non-hydrogen) atoms. The van der Waals surface area contributed by atoms with Crippen LogP contribution in [-0.2, 0) is 14.3 Å². The van der Waals surface area contributed by atoms with E-state index in [1.807, 2.05) is 19.9 Å². The van der Waals surface area contributed by atoms with Crippen LogP contribution in [-0.4, -0.2) is 17.7 Å². The summed E-state index contributed by atoms with van der Waals surface area (Å²) in [6, 6.07) is 0. The minimum Gasteiger partial charge on any atom is -0.478 e. The summed E-state index contributed by atoms with van der Waals surface area (Å²) in [6.45, 7) is 5.97. The molecular formula is C20H23BrClFO3. The molecule has 1 aliphatic carbocycles. The van der Waals surface area contributed by atoms with Crippen LogP contribution >= 0.6 is 27.5 Å². The Balaban J connectivity index is 2.29. The van der Waals surface area contributed by atoms with Crippen LogP contribution in [0.4, 0.5) is 4.39 Å². The number of carbonyl (C=O) groups excluding carboxylic acids is 2. The van der Waals surface area contributed by atoms with Gasteiger partial charge in [-0.2, -0.15) is 0 Å². The van der Waals surface area contributed by atoms with Gasteiger partial charge in [-0.1, -0.05) is 43.0 Å². The van der Waals surface area contributed by atoms with Gasteiger partial charge in [-0.25, -0.2) is 4.39 Å². The van der Waals surface area contributed by atoms with Gasteiger partial charge in [0.1, 0.15) is 0 Å². The summed E-state index contributed by atoms with van der Waals surface area (Å²) in [4.78, 5) is 25.5. The maximum atomic E-state index is 14.6. The Morgan fingerprint density at radius 2 is 1.96 bits per heavy atom. The molecule has 2 aliphatic rings. The molecule has 0 N–H and O–H groups in total. The van der Waals surface area contributed by atoms with Crippen LogP contribution in [0.25, 0.3) is 0 Å². The fourth-order valence-corrected chi connectivity index (χ4v) is 3.82. The number of allylic oxidation sites excluding steroid dienone is 6. The number of ether oxygens (including phenoxy) is 1. The molecule has 1 unspecified atom stereocenters. The smallest absolute Gasteiger partial charge is 0.225 e. The number of hydrogen-bond donors (Lipinski definition) is 0. The Morgan fingerprint density at radius 3 is 2.58 bits per heavy atom. The molecule has 1 aliphatic heterocycles. The highest BCUT2D eigenvalue weighted by Gasteiger charge is 2.42. The van der Waals surface area contributed by atoms with E-state index in [4.69, 9.17) is 16.3 Å². The fraction of sp³-hybridized carbons (Fsp3) is 0.500. The summed E-state index contributed by atoms with van der Waals surface area (Å²) in [5.74, 6) is -1.67. The van der Waals surface area contributed by atoms with Crippen LogP contribution in [0, 0.1) is 0 Å². The van der Waals surface area contributed by atoms with E-state index in [1.165, 1.54) is 0 Å². The summed E-state index contributed by atoms with van der Waals surface area (Å²) in [7, 11) is 0. The Morgan fingerprint density at radius 1 is 1.27 bits per heavy atom. The Kier molecular flexibility index (Phi) is 7.42. The van der Waals surface area contributed by atoms with Gasteiger partial charge in [-0.05, 0) is 55.5 Å². The predicted molar refractivity (Wildman–Crippen MR) is 105 cm³/mol. The lowest BCUT2D eigenvalue weighted by atomic mass is 9.89. The minimum absolute atomic E-state index is 0.113. The van der Waals surface area contributed by atoms with Crippen LogP contribution in [0.5, 0.6) is 0 Å². The first-order valence-electron chi connectivity index (χ1n) is 8.87. The monoisotopic (exact) mass is 444 g/mol. The lowest BCUT2D eigenvalue weighted by Crippen LogP contribution is -2.31. The lowest BCUT2D eigenvalue weighted by molar-refractivity contribution is -0.120. The molecule has 1 atom stereocenters. The van der Waals surface area contributed by atoms with E-state index in [9.17, 15) is 14.0 Å². The number of hydrogen-bond acceptors (Lipinski definition) is 3. The quantitative estimate of drug-likeness (QED) is 0.267. The Bertz CT molecular complexity index is 742. The van der Waals surface area contributed by atoms with Crippen molar-refractivity contribution < 1.29 is 18.7 Å². The number of unbranched alkanes of at least 4 members (excludes halogenated alkanes) is 2. The van der Waals surface area contributed by atoms with Gasteiger partial charge in [-0.15, -0.1) is 0 Å². The van der Waals surface area contributed by atoms with Crippen molar-refractivity contribution >= 4 is 39.1 Å². The number of Topliss-reactive ketones (excluding diaryl/α,β-unsaturated/α-hetero) is 2. The normalized spacial score (nSPS) is 20.5. The molecule has 0 aromatic rings. The molecule has 6 heteroatoms. The average Bonchev–Trinajstić information content (AvgIpc) is 2.59. The van der Waals surface area contributed by atoms with Gasteiger partial charge in [-0.3, -0.25) is 9.59 Å². The van der Waals surface area contributed by atoms with E-state index in [1.54, 1.807) is 0 Å². The molecule has 0 saturated heterocycles. The second-order valence-electron chi connectivity index (χ2n) is 6.74. The summed E-state index contributed by atoms with van der Waals surface area (Å²) in [6.07, 6.45) is 5.20. The summed E-state index contributed by atoms with van der Waals surface area (Å²) in [5, 5.41) is -0.309. The highest BCUT2D eigenvalue weighted by atomic mass is 79.9. The van der Waals surface area contributed by atoms with E-state index >= 15 is 0 Å². The third-order valence-electron chi connectivity index (χ3n) is 4.38. The van der Waals surface area contributed by atoms with E-state index in [2.05, 4.69) is 22.9 Å². The van der Waals surface area contributed by atoms with Gasteiger partial charge in [0.05, 0.1) is 15.1 Å². The molecule has 0 aromatic carbocycles. The van der Waals surface area contributed by atoms with E-state index in [-0.39, 0.29) is 26.6 Å².